The molecule has 0 aliphatic heterocycles. The first-order valence-corrected chi connectivity index (χ1v) is 7.62. The molecule has 0 saturated carbocycles. The summed E-state index contributed by atoms with van der Waals surface area (Å²) in [6.07, 6.45) is 6.21. The van der Waals surface area contributed by atoms with E-state index >= 15 is 0 Å². The maximum atomic E-state index is 5.76. The predicted molar refractivity (Wildman–Crippen MR) is 86.5 cm³/mol. The van der Waals surface area contributed by atoms with E-state index in [2.05, 4.69) is 36.3 Å². The van der Waals surface area contributed by atoms with Crippen LogP contribution in [-0.2, 0) is 13.0 Å². The fraction of sp³-hybridized carbons (Fsp3) is 0.429. The lowest BCUT2D eigenvalue weighted by molar-refractivity contribution is 0.362. The van der Waals surface area contributed by atoms with Crippen molar-refractivity contribution in [3.05, 3.63) is 46.5 Å². The number of aromatic nitrogens is 3. The van der Waals surface area contributed by atoms with E-state index in [0.29, 0.717) is 0 Å². The highest BCUT2D eigenvalue weighted by atomic mass is 79.9. The molecule has 0 saturated heterocycles. The van der Waals surface area contributed by atoms with Gasteiger partial charge in [0.15, 0.2) is 0 Å². The minimum absolute atomic E-state index is 0.0202. The van der Waals surface area contributed by atoms with Crippen molar-refractivity contribution in [1.29, 1.82) is 0 Å². The van der Waals surface area contributed by atoms with Crippen molar-refractivity contribution < 1.29 is 0 Å². The Balaban J connectivity index is 2.19. The second-order valence-electron chi connectivity index (χ2n) is 5.19. The van der Waals surface area contributed by atoms with Gasteiger partial charge in [0.2, 0.25) is 0 Å². The molecule has 1 atom stereocenters. The van der Waals surface area contributed by atoms with E-state index in [-0.39, 0.29) is 6.04 Å². The molecule has 2 heterocycles. The van der Waals surface area contributed by atoms with E-state index in [1.807, 2.05) is 43.3 Å². The van der Waals surface area contributed by atoms with E-state index < -0.39 is 0 Å². The molecule has 0 amide bonds. The van der Waals surface area contributed by atoms with Crippen molar-refractivity contribution in [2.45, 2.75) is 19.0 Å². The smallest absolute Gasteiger partial charge is 0.0713 e. The van der Waals surface area contributed by atoms with E-state index in [1.165, 1.54) is 0 Å². The highest BCUT2D eigenvalue weighted by molar-refractivity contribution is 9.10. The molecular weight excluding hydrogens is 332 g/mol. The van der Waals surface area contributed by atoms with Crippen LogP contribution >= 0.6 is 15.9 Å². The van der Waals surface area contributed by atoms with Crippen molar-refractivity contribution in [3.8, 4) is 0 Å². The van der Waals surface area contributed by atoms with Crippen LogP contribution in [0.3, 0.4) is 0 Å². The summed E-state index contributed by atoms with van der Waals surface area (Å²) in [4.78, 5) is 6.28. The molecule has 0 spiro atoms. The van der Waals surface area contributed by atoms with Crippen LogP contribution in [0.2, 0.25) is 0 Å². The molecule has 2 aromatic heterocycles. The molecule has 2 rings (SSSR count). The number of nitrogens with zero attached hydrogens (tertiary/aromatic N) is 4. The van der Waals surface area contributed by atoms with Gasteiger partial charge in [-0.1, -0.05) is 6.07 Å². The lowest BCUT2D eigenvalue weighted by atomic mass is 10.1. The Bertz CT molecular complexity index is 554. The summed E-state index contributed by atoms with van der Waals surface area (Å²) in [6.45, 7) is 1.74. The van der Waals surface area contributed by atoms with Gasteiger partial charge in [0.25, 0.3) is 0 Å². The van der Waals surface area contributed by atoms with Crippen molar-refractivity contribution in [3.63, 3.8) is 0 Å². The number of nitrogens with one attached hydrogen (secondary N) is 1. The van der Waals surface area contributed by atoms with Gasteiger partial charge in [-0.2, -0.15) is 5.10 Å². The highest BCUT2D eigenvalue weighted by Crippen LogP contribution is 2.25. The monoisotopic (exact) mass is 352 g/mol. The van der Waals surface area contributed by atoms with Gasteiger partial charge < -0.3 is 4.90 Å². The Morgan fingerprint density at radius 1 is 1.43 bits per heavy atom. The summed E-state index contributed by atoms with van der Waals surface area (Å²) >= 11 is 3.57. The van der Waals surface area contributed by atoms with Gasteiger partial charge in [-0.3, -0.25) is 20.9 Å². The standard InChI is InChI=1S/C14H21BrN6/c1-20(2)6-7-21-14(12(15)10-18-21)13(19-16)8-11-4-3-5-17-9-11/h3-5,9-10,13,19H,6-8,16H2,1-2H3. The quantitative estimate of drug-likeness (QED) is 0.581. The van der Waals surface area contributed by atoms with Gasteiger partial charge in [-0.15, -0.1) is 0 Å². The van der Waals surface area contributed by atoms with Crippen LogP contribution in [-0.4, -0.2) is 40.3 Å². The summed E-state index contributed by atoms with van der Waals surface area (Å²) in [7, 11) is 4.10. The third kappa shape index (κ3) is 4.34. The summed E-state index contributed by atoms with van der Waals surface area (Å²) in [5.74, 6) is 5.76. The first kappa shape index (κ1) is 16.1. The Labute approximate surface area is 133 Å². The van der Waals surface area contributed by atoms with Crippen LogP contribution in [0.25, 0.3) is 0 Å². The first-order valence-electron chi connectivity index (χ1n) is 6.82. The third-order valence-electron chi connectivity index (χ3n) is 3.29. The van der Waals surface area contributed by atoms with Crippen LogP contribution in [0, 0.1) is 0 Å². The molecule has 0 aliphatic carbocycles. The molecule has 0 bridgehead atoms. The zero-order valence-electron chi connectivity index (χ0n) is 12.3. The van der Waals surface area contributed by atoms with E-state index in [1.54, 1.807) is 6.20 Å². The number of rotatable bonds is 7. The largest absolute Gasteiger partial charge is 0.308 e. The molecule has 21 heavy (non-hydrogen) atoms. The van der Waals surface area contributed by atoms with Crippen molar-refractivity contribution in [2.75, 3.05) is 20.6 Å². The molecule has 2 aromatic rings. The molecular formula is C14H21BrN6. The fourth-order valence-electron chi connectivity index (χ4n) is 2.18. The van der Waals surface area contributed by atoms with Gasteiger partial charge >= 0.3 is 0 Å². The number of hydrogen-bond acceptors (Lipinski definition) is 5. The third-order valence-corrected chi connectivity index (χ3v) is 3.90. The predicted octanol–water partition coefficient (Wildman–Crippen LogP) is 1.35. The zero-order chi connectivity index (χ0) is 15.2. The molecule has 0 aliphatic rings. The Morgan fingerprint density at radius 2 is 2.24 bits per heavy atom. The summed E-state index contributed by atoms with van der Waals surface area (Å²) < 4.78 is 2.96. The number of nitrogens with two attached hydrogens (primary N) is 1. The van der Waals surface area contributed by atoms with Gasteiger partial charge in [0.1, 0.15) is 0 Å². The van der Waals surface area contributed by atoms with Gasteiger partial charge in [-0.25, -0.2) is 0 Å². The molecule has 1 unspecified atom stereocenters. The lowest BCUT2D eigenvalue weighted by Gasteiger charge is -2.19. The topological polar surface area (TPSA) is 72.0 Å². The Hall–Kier alpha value is -1.28. The maximum absolute atomic E-state index is 5.76. The molecule has 0 fully saturated rings. The number of hydrogen-bond donors (Lipinski definition) is 2. The number of halogens is 1. The Kier molecular flexibility index (Phi) is 5.86. The molecule has 3 N–H and O–H groups in total. The van der Waals surface area contributed by atoms with Crippen LogP contribution in [0.5, 0.6) is 0 Å². The average molecular weight is 353 g/mol. The average Bonchev–Trinajstić information content (AvgIpc) is 2.85. The second-order valence-corrected chi connectivity index (χ2v) is 6.04. The van der Waals surface area contributed by atoms with E-state index in [4.69, 9.17) is 5.84 Å². The molecule has 0 radical (unpaired) electrons. The Morgan fingerprint density at radius 3 is 2.86 bits per heavy atom. The summed E-state index contributed by atoms with van der Waals surface area (Å²) in [6, 6.07) is 3.96. The number of hydrazine groups is 1. The minimum Gasteiger partial charge on any atom is -0.308 e. The van der Waals surface area contributed by atoms with Crippen LogP contribution in [0.1, 0.15) is 17.3 Å². The van der Waals surface area contributed by atoms with Crippen molar-refractivity contribution in [1.82, 2.24) is 25.1 Å². The van der Waals surface area contributed by atoms with Crippen molar-refractivity contribution >= 4 is 15.9 Å². The summed E-state index contributed by atoms with van der Waals surface area (Å²) in [5.41, 5.74) is 5.08. The molecule has 7 heteroatoms. The maximum Gasteiger partial charge on any atom is 0.0713 e. The number of pyridine rings is 1. The SMILES string of the molecule is CN(C)CCn1ncc(Br)c1C(Cc1cccnc1)NN. The minimum atomic E-state index is -0.0202. The van der Waals surface area contributed by atoms with Crippen LogP contribution in [0.15, 0.2) is 35.2 Å². The normalized spacial score (nSPS) is 12.8. The highest BCUT2D eigenvalue weighted by Gasteiger charge is 2.19. The fourth-order valence-corrected chi connectivity index (χ4v) is 2.75. The van der Waals surface area contributed by atoms with Gasteiger partial charge in [0.05, 0.1) is 29.0 Å². The van der Waals surface area contributed by atoms with Crippen LogP contribution in [0.4, 0.5) is 0 Å². The molecule has 6 nitrogen and oxygen atoms in total. The van der Waals surface area contributed by atoms with Crippen molar-refractivity contribution in [2.24, 2.45) is 5.84 Å². The zero-order valence-corrected chi connectivity index (χ0v) is 13.9. The molecule has 0 aromatic carbocycles. The second kappa shape index (κ2) is 7.65. The van der Waals surface area contributed by atoms with Gasteiger partial charge in [0, 0.05) is 18.9 Å². The van der Waals surface area contributed by atoms with Crippen LogP contribution < -0.4 is 11.3 Å². The lowest BCUT2D eigenvalue weighted by Crippen LogP contribution is -2.32. The van der Waals surface area contributed by atoms with Gasteiger partial charge in [-0.05, 0) is 48.1 Å². The molecule has 114 valence electrons. The van der Waals surface area contributed by atoms with E-state index in [9.17, 15) is 0 Å². The summed E-state index contributed by atoms with van der Waals surface area (Å²) in [5, 5.41) is 4.43. The number of likely N-dealkylation sites (N-methyl/N-ethyl adjacent to an activating group) is 1. The van der Waals surface area contributed by atoms with E-state index in [0.717, 1.165) is 35.2 Å². The first-order chi connectivity index (χ1) is 10.1.